The van der Waals surface area contributed by atoms with Gasteiger partial charge in [0.2, 0.25) is 5.91 Å². The normalized spacial score (nSPS) is 26.9. The predicted molar refractivity (Wildman–Crippen MR) is 84.0 cm³/mol. The molecule has 0 aromatic heterocycles. The van der Waals surface area contributed by atoms with Crippen LogP contribution in [0.3, 0.4) is 0 Å². The van der Waals surface area contributed by atoms with E-state index in [2.05, 4.69) is 0 Å². The maximum absolute atomic E-state index is 12.6. The van der Waals surface area contributed by atoms with Gasteiger partial charge in [-0.05, 0) is 42.9 Å². The zero-order chi connectivity index (χ0) is 15.7. The van der Waals surface area contributed by atoms with E-state index in [0.29, 0.717) is 18.3 Å². The van der Waals surface area contributed by atoms with Gasteiger partial charge in [-0.3, -0.25) is 4.79 Å². The first-order chi connectivity index (χ1) is 10.6. The number of hydrogen-bond donors (Lipinski definition) is 1. The third kappa shape index (κ3) is 2.77. The second kappa shape index (κ2) is 6.16. The fourth-order valence-electron chi connectivity index (χ4n) is 3.81. The van der Waals surface area contributed by atoms with Gasteiger partial charge in [-0.15, -0.1) is 0 Å². The Morgan fingerprint density at radius 1 is 1.27 bits per heavy atom. The minimum atomic E-state index is 0.146. The smallest absolute Gasteiger partial charge is 0.227 e. The van der Waals surface area contributed by atoms with Gasteiger partial charge in [0.1, 0.15) is 11.5 Å². The van der Waals surface area contributed by atoms with Gasteiger partial charge in [0.25, 0.3) is 0 Å². The van der Waals surface area contributed by atoms with E-state index in [1.54, 1.807) is 14.2 Å². The van der Waals surface area contributed by atoms with Crippen molar-refractivity contribution in [2.24, 2.45) is 17.6 Å². The Balaban J connectivity index is 1.70. The van der Waals surface area contributed by atoms with E-state index < -0.39 is 0 Å². The number of benzene rings is 1. The Hall–Kier alpha value is -1.75. The van der Waals surface area contributed by atoms with Crippen LogP contribution in [0, 0.1) is 11.8 Å². The van der Waals surface area contributed by atoms with E-state index in [9.17, 15) is 4.79 Å². The number of amides is 1. The lowest BCUT2D eigenvalue weighted by Gasteiger charge is -2.19. The van der Waals surface area contributed by atoms with Crippen molar-refractivity contribution in [1.29, 1.82) is 0 Å². The van der Waals surface area contributed by atoms with Gasteiger partial charge >= 0.3 is 0 Å². The lowest BCUT2D eigenvalue weighted by Crippen LogP contribution is -2.34. The number of likely N-dealkylation sites (tertiary alicyclic amines) is 1. The first kappa shape index (κ1) is 15.2. The van der Waals surface area contributed by atoms with Gasteiger partial charge in [-0.25, -0.2) is 0 Å². The Morgan fingerprint density at radius 3 is 2.77 bits per heavy atom. The molecule has 1 saturated heterocycles. The molecule has 0 bridgehead atoms. The quantitative estimate of drug-likeness (QED) is 0.914. The van der Waals surface area contributed by atoms with Crippen LogP contribution in [0.2, 0.25) is 0 Å². The molecule has 3 unspecified atom stereocenters. The fourth-order valence-corrected chi connectivity index (χ4v) is 3.81. The molecule has 1 amide bonds. The molecule has 2 fully saturated rings. The third-order valence-electron chi connectivity index (χ3n) is 5.09. The summed E-state index contributed by atoms with van der Waals surface area (Å²) in [6.45, 7) is 1.65. The van der Waals surface area contributed by atoms with Crippen LogP contribution in [0.25, 0.3) is 0 Å². The fraction of sp³-hybridized carbons (Fsp3) is 0.588. The Morgan fingerprint density at radius 2 is 2.09 bits per heavy atom. The van der Waals surface area contributed by atoms with Crippen LogP contribution < -0.4 is 15.2 Å². The molecule has 1 heterocycles. The van der Waals surface area contributed by atoms with Crippen LogP contribution in [-0.4, -0.2) is 44.2 Å². The van der Waals surface area contributed by atoms with Crippen molar-refractivity contribution >= 4 is 5.91 Å². The van der Waals surface area contributed by atoms with Crippen LogP contribution in [-0.2, 0) is 11.2 Å². The van der Waals surface area contributed by atoms with Gasteiger partial charge in [-0.1, -0.05) is 0 Å². The predicted octanol–water partition coefficient (Wildman–Crippen LogP) is 1.44. The molecule has 5 heteroatoms. The molecule has 120 valence electrons. The number of methoxy groups -OCH3 is 2. The molecule has 2 aliphatic rings. The highest BCUT2D eigenvalue weighted by Crippen LogP contribution is 2.37. The number of carbonyl (C=O) groups excluding carboxylic acids is 1. The molecule has 1 aliphatic carbocycles. The number of carbonyl (C=O) groups is 1. The molecule has 1 aromatic rings. The highest BCUT2D eigenvalue weighted by atomic mass is 16.5. The molecule has 22 heavy (non-hydrogen) atoms. The summed E-state index contributed by atoms with van der Waals surface area (Å²) in [6.07, 6.45) is 2.59. The monoisotopic (exact) mass is 304 g/mol. The van der Waals surface area contributed by atoms with Gasteiger partial charge in [0.05, 0.1) is 20.6 Å². The molecule has 1 aliphatic heterocycles. The Bertz CT molecular complexity index is 561. The lowest BCUT2D eigenvalue weighted by molar-refractivity contribution is -0.129. The summed E-state index contributed by atoms with van der Waals surface area (Å²) in [6, 6.07) is 5.82. The van der Waals surface area contributed by atoms with Crippen molar-refractivity contribution in [1.82, 2.24) is 4.90 Å². The van der Waals surface area contributed by atoms with Crippen molar-refractivity contribution in [2.75, 3.05) is 27.3 Å². The van der Waals surface area contributed by atoms with E-state index in [4.69, 9.17) is 15.2 Å². The molecule has 3 rings (SSSR count). The van der Waals surface area contributed by atoms with Crippen LogP contribution in [0.4, 0.5) is 0 Å². The number of hydrogen-bond acceptors (Lipinski definition) is 4. The summed E-state index contributed by atoms with van der Waals surface area (Å²) in [4.78, 5) is 14.6. The van der Waals surface area contributed by atoms with Gasteiger partial charge in [0, 0.05) is 24.7 Å². The molecular formula is C17H24N2O3. The van der Waals surface area contributed by atoms with Crippen molar-refractivity contribution in [3.05, 3.63) is 23.8 Å². The minimum absolute atomic E-state index is 0.146. The van der Waals surface area contributed by atoms with Crippen LogP contribution in [0.1, 0.15) is 18.4 Å². The van der Waals surface area contributed by atoms with E-state index in [1.165, 1.54) is 0 Å². The Kier molecular flexibility index (Phi) is 4.25. The van der Waals surface area contributed by atoms with E-state index in [-0.39, 0.29) is 11.9 Å². The standard InChI is InChI=1S/C17H24N2O3/c1-21-13-4-6-16(22-2)12(7-13)8-17(20)19-9-11-3-5-15(18)14(11)10-19/h4,6-7,11,14-15H,3,5,8-10,18H2,1-2H3. The van der Waals surface area contributed by atoms with Gasteiger partial charge < -0.3 is 20.1 Å². The summed E-state index contributed by atoms with van der Waals surface area (Å²) >= 11 is 0. The summed E-state index contributed by atoms with van der Waals surface area (Å²) < 4.78 is 10.6. The van der Waals surface area contributed by atoms with Gasteiger partial charge in [-0.2, -0.15) is 0 Å². The first-order valence-electron chi connectivity index (χ1n) is 7.86. The Labute approximate surface area is 131 Å². The number of rotatable bonds is 4. The van der Waals surface area contributed by atoms with Crippen molar-refractivity contribution in [3.8, 4) is 11.5 Å². The second-order valence-corrected chi connectivity index (χ2v) is 6.32. The maximum atomic E-state index is 12.6. The number of nitrogens with two attached hydrogens (primary N) is 1. The van der Waals surface area contributed by atoms with Crippen molar-refractivity contribution in [3.63, 3.8) is 0 Å². The third-order valence-corrected chi connectivity index (χ3v) is 5.09. The first-order valence-corrected chi connectivity index (χ1v) is 7.86. The van der Waals surface area contributed by atoms with Crippen molar-refractivity contribution in [2.45, 2.75) is 25.3 Å². The average Bonchev–Trinajstić information content (AvgIpc) is 3.09. The van der Waals surface area contributed by atoms with E-state index in [1.807, 2.05) is 23.1 Å². The molecule has 1 saturated carbocycles. The molecule has 3 atom stereocenters. The van der Waals surface area contributed by atoms with E-state index in [0.717, 1.165) is 43.0 Å². The minimum Gasteiger partial charge on any atom is -0.497 e. The molecule has 2 N–H and O–H groups in total. The summed E-state index contributed by atoms with van der Waals surface area (Å²) in [5.74, 6) is 2.68. The van der Waals surface area contributed by atoms with Crippen molar-refractivity contribution < 1.29 is 14.3 Å². The molecular weight excluding hydrogens is 280 g/mol. The molecule has 0 spiro atoms. The zero-order valence-electron chi connectivity index (χ0n) is 13.2. The second-order valence-electron chi connectivity index (χ2n) is 6.32. The van der Waals surface area contributed by atoms with Gasteiger partial charge in [0.15, 0.2) is 0 Å². The lowest BCUT2D eigenvalue weighted by atomic mass is 9.98. The SMILES string of the molecule is COc1ccc(OC)c(CC(=O)N2CC3CCC(N)C3C2)c1. The van der Waals surface area contributed by atoms with Crippen LogP contribution in [0.15, 0.2) is 18.2 Å². The summed E-state index contributed by atoms with van der Waals surface area (Å²) in [5.41, 5.74) is 7.01. The largest absolute Gasteiger partial charge is 0.497 e. The molecule has 0 radical (unpaired) electrons. The highest BCUT2D eigenvalue weighted by Gasteiger charge is 2.42. The number of ether oxygens (including phenoxy) is 2. The number of nitrogens with zero attached hydrogens (tertiary/aromatic N) is 1. The molecule has 1 aromatic carbocycles. The average molecular weight is 304 g/mol. The highest BCUT2D eigenvalue weighted by molar-refractivity contribution is 5.80. The topological polar surface area (TPSA) is 64.8 Å². The number of fused-ring (bicyclic) bond motifs is 1. The van der Waals surface area contributed by atoms with Crippen LogP contribution in [0.5, 0.6) is 11.5 Å². The zero-order valence-corrected chi connectivity index (χ0v) is 13.2. The molecule has 5 nitrogen and oxygen atoms in total. The summed E-state index contributed by atoms with van der Waals surface area (Å²) in [7, 11) is 3.24. The van der Waals surface area contributed by atoms with E-state index >= 15 is 0 Å². The summed E-state index contributed by atoms with van der Waals surface area (Å²) in [5, 5.41) is 0. The maximum Gasteiger partial charge on any atom is 0.227 e. The van der Waals surface area contributed by atoms with Crippen LogP contribution >= 0.6 is 0 Å².